The van der Waals surface area contributed by atoms with Crippen LogP contribution >= 0.6 is 0 Å². The molecule has 1 aromatic rings. The van der Waals surface area contributed by atoms with Gasteiger partial charge in [-0.05, 0) is 37.0 Å². The number of nitrogens with zero attached hydrogens (tertiary/aromatic N) is 2. The van der Waals surface area contributed by atoms with E-state index < -0.39 is 0 Å². The number of rotatable bonds is 2. The Bertz CT molecular complexity index is 639. The largest absolute Gasteiger partial charge is 0.367 e. The number of nitrogens with one attached hydrogen (secondary N) is 1. The Morgan fingerprint density at radius 3 is 2.77 bits per heavy atom. The monoisotopic (exact) mass is 299 g/mol. The zero-order valence-corrected chi connectivity index (χ0v) is 12.8. The number of carbonyl (C=O) groups excluding carboxylic acids is 2. The van der Waals surface area contributed by atoms with E-state index in [1.165, 1.54) is 18.2 Å². The molecule has 0 radical (unpaired) electrons. The number of carbonyl (C=O) groups is 2. The lowest BCUT2D eigenvalue weighted by atomic mass is 9.93. The van der Waals surface area contributed by atoms with E-state index in [4.69, 9.17) is 0 Å². The molecule has 1 aromatic carbocycles. The third-order valence-electron chi connectivity index (χ3n) is 4.89. The van der Waals surface area contributed by atoms with E-state index in [1.54, 1.807) is 0 Å². The molecule has 2 heterocycles. The van der Waals surface area contributed by atoms with E-state index >= 15 is 0 Å². The zero-order valence-electron chi connectivity index (χ0n) is 12.8. The molecule has 2 aliphatic heterocycles. The highest BCUT2D eigenvalue weighted by Gasteiger charge is 2.40. The highest BCUT2D eigenvalue weighted by Crippen LogP contribution is 2.37. The molecule has 2 fully saturated rings. The molecule has 1 saturated heterocycles. The smallest absolute Gasteiger partial charge is 0.226 e. The molecule has 1 saturated carbocycles. The van der Waals surface area contributed by atoms with Crippen LogP contribution in [0.4, 0.5) is 11.4 Å². The Balaban J connectivity index is 1.58. The van der Waals surface area contributed by atoms with Crippen molar-refractivity contribution in [2.24, 2.45) is 5.92 Å². The molecular formula is C17H21N3O2. The van der Waals surface area contributed by atoms with Crippen molar-refractivity contribution in [3.63, 3.8) is 0 Å². The number of anilines is 2. The molecule has 3 aliphatic rings. The van der Waals surface area contributed by atoms with Crippen LogP contribution in [0, 0.1) is 5.92 Å². The van der Waals surface area contributed by atoms with Gasteiger partial charge in [-0.25, -0.2) is 0 Å². The molecule has 116 valence electrons. The molecule has 1 N–H and O–H groups in total. The second-order valence-electron chi connectivity index (χ2n) is 6.63. The summed E-state index contributed by atoms with van der Waals surface area (Å²) in [5.41, 5.74) is 3.33. The number of benzene rings is 1. The molecule has 0 spiro atoms. The van der Waals surface area contributed by atoms with Gasteiger partial charge in [-0.3, -0.25) is 9.59 Å². The SMILES string of the molecule is CC(=O)Nc1ccc2c(c1)N1CCN(C(=O)C3CC3)C(C2)C1. The molecule has 1 unspecified atom stereocenters. The molecule has 22 heavy (non-hydrogen) atoms. The summed E-state index contributed by atoms with van der Waals surface area (Å²) in [6.07, 6.45) is 3.06. The third kappa shape index (κ3) is 2.34. The van der Waals surface area contributed by atoms with Crippen molar-refractivity contribution in [3.05, 3.63) is 23.8 Å². The summed E-state index contributed by atoms with van der Waals surface area (Å²) in [4.78, 5) is 28.1. The average Bonchev–Trinajstić information content (AvgIpc) is 3.32. The van der Waals surface area contributed by atoms with E-state index in [2.05, 4.69) is 27.2 Å². The van der Waals surface area contributed by atoms with Gasteiger partial charge in [0.25, 0.3) is 0 Å². The van der Waals surface area contributed by atoms with Gasteiger partial charge in [-0.1, -0.05) is 6.07 Å². The summed E-state index contributed by atoms with van der Waals surface area (Å²) in [7, 11) is 0. The Hall–Kier alpha value is -2.04. The minimum atomic E-state index is -0.0477. The van der Waals surface area contributed by atoms with E-state index in [1.807, 2.05) is 6.07 Å². The highest BCUT2D eigenvalue weighted by atomic mass is 16.2. The van der Waals surface area contributed by atoms with E-state index in [0.717, 1.165) is 44.6 Å². The van der Waals surface area contributed by atoms with E-state index in [0.29, 0.717) is 17.9 Å². The standard InChI is InChI=1S/C17H21N3O2/c1-11(21)18-14-5-4-13-8-15-10-19(16(13)9-14)6-7-20(15)17(22)12-2-3-12/h4-5,9,12,15H,2-3,6-8,10H2,1H3,(H,18,21). The highest BCUT2D eigenvalue weighted by molar-refractivity contribution is 5.89. The van der Waals surface area contributed by atoms with Gasteiger partial charge in [0.2, 0.25) is 11.8 Å². The van der Waals surface area contributed by atoms with Crippen molar-refractivity contribution >= 4 is 23.2 Å². The zero-order chi connectivity index (χ0) is 15.3. The molecule has 5 nitrogen and oxygen atoms in total. The molecule has 2 amide bonds. The van der Waals surface area contributed by atoms with Crippen LogP contribution in [0.15, 0.2) is 18.2 Å². The fourth-order valence-corrected chi connectivity index (χ4v) is 3.67. The Kier molecular flexibility index (Phi) is 3.10. The van der Waals surface area contributed by atoms with Crippen LogP contribution < -0.4 is 10.2 Å². The quantitative estimate of drug-likeness (QED) is 0.903. The first-order valence-corrected chi connectivity index (χ1v) is 8.08. The van der Waals surface area contributed by atoms with Crippen molar-refractivity contribution in [2.45, 2.75) is 32.2 Å². The van der Waals surface area contributed by atoms with Gasteiger partial charge in [0, 0.05) is 43.9 Å². The molecule has 4 rings (SSSR count). The summed E-state index contributed by atoms with van der Waals surface area (Å²) in [6, 6.07) is 6.41. The van der Waals surface area contributed by atoms with Crippen LogP contribution in [0.25, 0.3) is 0 Å². The number of piperazine rings is 1. The lowest BCUT2D eigenvalue weighted by Crippen LogP contribution is -2.58. The Morgan fingerprint density at radius 1 is 1.23 bits per heavy atom. The third-order valence-corrected chi connectivity index (χ3v) is 4.89. The van der Waals surface area contributed by atoms with Crippen LogP contribution in [-0.2, 0) is 16.0 Å². The number of hydrogen-bond donors (Lipinski definition) is 1. The van der Waals surface area contributed by atoms with E-state index in [-0.39, 0.29) is 5.91 Å². The van der Waals surface area contributed by atoms with Crippen molar-refractivity contribution in [1.29, 1.82) is 0 Å². The number of amides is 2. The summed E-state index contributed by atoms with van der Waals surface area (Å²) in [5.74, 6) is 0.617. The van der Waals surface area contributed by atoms with Crippen molar-refractivity contribution in [3.8, 4) is 0 Å². The van der Waals surface area contributed by atoms with Crippen LogP contribution in [0.3, 0.4) is 0 Å². The maximum atomic E-state index is 12.4. The molecule has 1 aliphatic carbocycles. The van der Waals surface area contributed by atoms with Crippen LogP contribution in [-0.4, -0.2) is 42.4 Å². The predicted octanol–water partition coefficient (Wildman–Crippen LogP) is 1.63. The van der Waals surface area contributed by atoms with Gasteiger partial charge in [-0.2, -0.15) is 0 Å². The van der Waals surface area contributed by atoms with Crippen molar-refractivity contribution in [1.82, 2.24) is 4.90 Å². The van der Waals surface area contributed by atoms with Gasteiger partial charge in [-0.15, -0.1) is 0 Å². The first-order valence-electron chi connectivity index (χ1n) is 8.08. The minimum Gasteiger partial charge on any atom is -0.367 e. The van der Waals surface area contributed by atoms with Crippen molar-refractivity contribution in [2.75, 3.05) is 29.9 Å². The summed E-state index contributed by atoms with van der Waals surface area (Å²) < 4.78 is 0. The van der Waals surface area contributed by atoms with Crippen LogP contribution in [0.5, 0.6) is 0 Å². The van der Waals surface area contributed by atoms with Crippen LogP contribution in [0.2, 0.25) is 0 Å². The fraction of sp³-hybridized carbons (Fsp3) is 0.529. The lowest BCUT2D eigenvalue weighted by Gasteiger charge is -2.47. The molecular weight excluding hydrogens is 278 g/mol. The minimum absolute atomic E-state index is 0.0477. The lowest BCUT2D eigenvalue weighted by molar-refractivity contribution is -0.135. The van der Waals surface area contributed by atoms with E-state index in [9.17, 15) is 9.59 Å². The Labute approximate surface area is 130 Å². The van der Waals surface area contributed by atoms with Crippen molar-refractivity contribution < 1.29 is 9.59 Å². The molecule has 1 atom stereocenters. The second-order valence-corrected chi connectivity index (χ2v) is 6.63. The summed E-state index contributed by atoms with van der Waals surface area (Å²) in [6.45, 7) is 4.14. The number of hydrogen-bond acceptors (Lipinski definition) is 3. The maximum Gasteiger partial charge on any atom is 0.226 e. The van der Waals surface area contributed by atoms with Gasteiger partial charge in [0.1, 0.15) is 0 Å². The first kappa shape index (κ1) is 13.6. The summed E-state index contributed by atoms with van der Waals surface area (Å²) >= 11 is 0. The van der Waals surface area contributed by atoms with Gasteiger partial charge >= 0.3 is 0 Å². The Morgan fingerprint density at radius 2 is 2.05 bits per heavy atom. The molecule has 5 heteroatoms. The predicted molar refractivity (Wildman–Crippen MR) is 84.9 cm³/mol. The van der Waals surface area contributed by atoms with Gasteiger partial charge < -0.3 is 15.1 Å². The maximum absolute atomic E-state index is 12.4. The molecule has 2 bridgehead atoms. The van der Waals surface area contributed by atoms with Gasteiger partial charge in [0.05, 0.1) is 6.04 Å². The fourth-order valence-electron chi connectivity index (χ4n) is 3.67. The first-order chi connectivity index (χ1) is 10.6. The molecule has 0 aromatic heterocycles. The topological polar surface area (TPSA) is 52.7 Å². The number of fused-ring (bicyclic) bond motifs is 4. The second kappa shape index (κ2) is 5.00. The summed E-state index contributed by atoms with van der Waals surface area (Å²) in [5, 5.41) is 2.85. The average molecular weight is 299 g/mol. The van der Waals surface area contributed by atoms with Gasteiger partial charge in [0.15, 0.2) is 0 Å². The van der Waals surface area contributed by atoms with Crippen LogP contribution in [0.1, 0.15) is 25.3 Å². The normalized spacial score (nSPS) is 23.0.